The highest BCUT2D eigenvalue weighted by Gasteiger charge is 2.45. The lowest BCUT2D eigenvalue weighted by atomic mass is 9.96. The summed E-state index contributed by atoms with van der Waals surface area (Å²) in [7, 11) is 0. The van der Waals surface area contributed by atoms with Crippen LogP contribution < -0.4 is 33.2 Å². The molecule has 0 aromatic heterocycles. The van der Waals surface area contributed by atoms with Crippen molar-refractivity contribution in [1.29, 1.82) is 0 Å². The van der Waals surface area contributed by atoms with E-state index in [-0.39, 0.29) is 38.3 Å². The summed E-state index contributed by atoms with van der Waals surface area (Å²) in [5.74, 6) is -6.39. The summed E-state index contributed by atoms with van der Waals surface area (Å²) in [4.78, 5) is 105. The number of carboxylic acid groups (broad SMARTS) is 1. The van der Waals surface area contributed by atoms with E-state index in [1.165, 1.54) is 9.80 Å². The summed E-state index contributed by atoms with van der Waals surface area (Å²) in [6, 6.07) is -6.72. The van der Waals surface area contributed by atoms with Gasteiger partial charge in [-0.05, 0) is 50.4 Å². The number of carbonyl (C=O) groups excluding carboxylic acids is 7. The normalized spacial score (nSPS) is 20.7. The number of rotatable bonds is 18. The number of carbonyl (C=O) groups is 8. The third kappa shape index (κ3) is 11.2. The van der Waals surface area contributed by atoms with Crippen LogP contribution in [0.5, 0.6) is 0 Å². The standard InChI is InChI=1S/C31H52N8O9/c1-5-17(4)25(37-27(43)19(15-24(34)41)35-26(42)18(32)10-11-23(33)40)30(46)39-13-7-9-22(39)29(45)38-12-6-8-21(38)28(44)36-20(31(47)48)14-16(2)3/h16-22,25H,5-15,32H2,1-4H3,(H2,33,40)(H2,34,41)(H,35,42)(H,36,44)(H,37,43)(H,47,48)/t17-,18-,19-,20-,21-,22-,25-/m0/s1. The van der Waals surface area contributed by atoms with Crippen LogP contribution in [-0.4, -0.2) is 112 Å². The van der Waals surface area contributed by atoms with Crippen molar-refractivity contribution < 1.29 is 43.5 Å². The maximum atomic E-state index is 14.0. The molecular weight excluding hydrogens is 628 g/mol. The van der Waals surface area contributed by atoms with Crippen LogP contribution in [0.3, 0.4) is 0 Å². The Morgan fingerprint density at radius 3 is 1.96 bits per heavy atom. The van der Waals surface area contributed by atoms with Gasteiger partial charge in [0.1, 0.15) is 30.2 Å². The van der Waals surface area contributed by atoms with Gasteiger partial charge in [-0.3, -0.25) is 33.6 Å². The Labute approximate surface area is 280 Å². The van der Waals surface area contributed by atoms with E-state index >= 15 is 0 Å². The number of primary amides is 2. The highest BCUT2D eigenvalue weighted by atomic mass is 16.4. The van der Waals surface area contributed by atoms with E-state index in [0.29, 0.717) is 32.1 Å². The van der Waals surface area contributed by atoms with Gasteiger partial charge in [0.15, 0.2) is 0 Å². The molecule has 0 aromatic carbocycles. The number of hydrogen-bond acceptors (Lipinski definition) is 9. The lowest BCUT2D eigenvalue weighted by Gasteiger charge is -2.35. The number of carboxylic acids is 1. The summed E-state index contributed by atoms with van der Waals surface area (Å²) in [5.41, 5.74) is 16.2. The quantitative estimate of drug-likeness (QED) is 0.0842. The highest BCUT2D eigenvalue weighted by molar-refractivity contribution is 5.98. The zero-order valence-corrected chi connectivity index (χ0v) is 28.2. The Balaban J connectivity index is 2.23. The molecule has 0 spiro atoms. The Kier molecular flexibility index (Phi) is 15.2. The van der Waals surface area contributed by atoms with E-state index < -0.39 is 95.9 Å². The monoisotopic (exact) mass is 680 g/mol. The first-order chi connectivity index (χ1) is 22.5. The van der Waals surface area contributed by atoms with Crippen LogP contribution in [0.25, 0.3) is 0 Å². The summed E-state index contributed by atoms with van der Waals surface area (Å²) in [6.45, 7) is 7.70. The van der Waals surface area contributed by atoms with E-state index in [2.05, 4.69) is 16.0 Å². The van der Waals surface area contributed by atoms with Crippen molar-refractivity contribution in [1.82, 2.24) is 25.8 Å². The van der Waals surface area contributed by atoms with Gasteiger partial charge in [-0.25, -0.2) is 4.79 Å². The number of likely N-dealkylation sites (tertiary alicyclic amines) is 2. The van der Waals surface area contributed by atoms with Crippen molar-refractivity contribution in [3.8, 4) is 0 Å². The molecule has 7 atom stereocenters. The van der Waals surface area contributed by atoms with Gasteiger partial charge in [0, 0.05) is 19.5 Å². The van der Waals surface area contributed by atoms with Crippen LogP contribution in [0.15, 0.2) is 0 Å². The topological polar surface area (TPSA) is 277 Å². The van der Waals surface area contributed by atoms with Crippen LogP contribution in [0.1, 0.15) is 85.5 Å². The second kappa shape index (κ2) is 18.3. The highest BCUT2D eigenvalue weighted by Crippen LogP contribution is 2.27. The van der Waals surface area contributed by atoms with Crippen LogP contribution in [-0.2, 0) is 38.4 Å². The van der Waals surface area contributed by atoms with Gasteiger partial charge < -0.3 is 48.1 Å². The first-order valence-corrected chi connectivity index (χ1v) is 16.5. The summed E-state index contributed by atoms with van der Waals surface area (Å²) >= 11 is 0. The molecule has 0 saturated carbocycles. The lowest BCUT2D eigenvalue weighted by molar-refractivity contribution is -0.149. The molecule has 2 saturated heterocycles. The third-order valence-electron chi connectivity index (χ3n) is 8.83. The smallest absolute Gasteiger partial charge is 0.326 e. The molecule has 0 aliphatic carbocycles. The number of nitrogens with two attached hydrogens (primary N) is 3. The molecule has 2 heterocycles. The third-order valence-corrected chi connectivity index (χ3v) is 8.83. The molecule has 2 rings (SSSR count). The molecule has 2 aliphatic rings. The zero-order chi connectivity index (χ0) is 36.3. The second-order valence-electron chi connectivity index (χ2n) is 13.1. The minimum atomic E-state index is -1.47. The van der Waals surface area contributed by atoms with Gasteiger partial charge in [-0.2, -0.15) is 0 Å². The maximum absolute atomic E-state index is 14.0. The van der Waals surface area contributed by atoms with E-state index in [1.807, 2.05) is 13.8 Å². The molecule has 0 bridgehead atoms. The van der Waals surface area contributed by atoms with Crippen molar-refractivity contribution in [2.45, 2.75) is 122 Å². The molecule has 0 radical (unpaired) electrons. The zero-order valence-electron chi connectivity index (χ0n) is 28.2. The molecule has 0 aromatic rings. The number of hydrogen-bond donors (Lipinski definition) is 7. The number of nitrogens with one attached hydrogen (secondary N) is 3. The van der Waals surface area contributed by atoms with Crippen molar-refractivity contribution >= 4 is 47.3 Å². The fourth-order valence-corrected chi connectivity index (χ4v) is 5.98. The largest absolute Gasteiger partial charge is 0.480 e. The van der Waals surface area contributed by atoms with Gasteiger partial charge in [-0.1, -0.05) is 34.1 Å². The number of aliphatic carboxylic acids is 1. The molecule has 48 heavy (non-hydrogen) atoms. The van der Waals surface area contributed by atoms with Crippen molar-refractivity contribution in [2.24, 2.45) is 29.0 Å². The second-order valence-corrected chi connectivity index (χ2v) is 13.1. The SMILES string of the molecule is CC[C@H](C)[C@H](NC(=O)[C@H](CC(N)=O)NC(=O)[C@@H](N)CCC(N)=O)C(=O)N1CCC[C@H]1C(=O)N1CCC[C@H]1C(=O)N[C@@H](CC(C)C)C(=O)O. The number of nitrogens with zero attached hydrogens (tertiary/aromatic N) is 2. The van der Waals surface area contributed by atoms with Gasteiger partial charge in [0.05, 0.1) is 12.5 Å². The molecule has 10 N–H and O–H groups in total. The molecule has 0 unspecified atom stereocenters. The predicted molar refractivity (Wildman–Crippen MR) is 172 cm³/mol. The predicted octanol–water partition coefficient (Wildman–Crippen LogP) is -1.93. The Bertz CT molecular complexity index is 1230. The van der Waals surface area contributed by atoms with Crippen LogP contribution >= 0.6 is 0 Å². The Hall–Kier alpha value is -4.28. The van der Waals surface area contributed by atoms with Crippen LogP contribution in [0, 0.1) is 11.8 Å². The molecule has 270 valence electrons. The minimum absolute atomic E-state index is 0.0120. The average molecular weight is 681 g/mol. The Morgan fingerprint density at radius 1 is 0.812 bits per heavy atom. The summed E-state index contributed by atoms with van der Waals surface area (Å²) in [6.07, 6.45) is 1.50. The molecule has 17 nitrogen and oxygen atoms in total. The van der Waals surface area contributed by atoms with E-state index in [0.717, 1.165) is 0 Å². The van der Waals surface area contributed by atoms with Crippen LogP contribution in [0.2, 0.25) is 0 Å². The van der Waals surface area contributed by atoms with Crippen molar-refractivity contribution in [3.63, 3.8) is 0 Å². The van der Waals surface area contributed by atoms with Crippen LogP contribution in [0.4, 0.5) is 0 Å². The fourth-order valence-electron chi connectivity index (χ4n) is 5.98. The maximum Gasteiger partial charge on any atom is 0.326 e. The minimum Gasteiger partial charge on any atom is -0.480 e. The molecule has 2 fully saturated rings. The Morgan fingerprint density at radius 2 is 1.42 bits per heavy atom. The average Bonchev–Trinajstić information content (AvgIpc) is 3.71. The van der Waals surface area contributed by atoms with E-state index in [1.54, 1.807) is 13.8 Å². The van der Waals surface area contributed by atoms with Crippen molar-refractivity contribution in [3.05, 3.63) is 0 Å². The summed E-state index contributed by atoms with van der Waals surface area (Å²) in [5, 5.41) is 17.2. The molecular formula is C31H52N8O9. The molecule has 2 aliphatic heterocycles. The van der Waals surface area contributed by atoms with Gasteiger partial charge in [-0.15, -0.1) is 0 Å². The van der Waals surface area contributed by atoms with Crippen molar-refractivity contribution in [2.75, 3.05) is 13.1 Å². The first kappa shape index (κ1) is 39.9. The van der Waals surface area contributed by atoms with E-state index in [4.69, 9.17) is 17.2 Å². The van der Waals surface area contributed by atoms with Gasteiger partial charge in [0.25, 0.3) is 0 Å². The van der Waals surface area contributed by atoms with Gasteiger partial charge in [0.2, 0.25) is 41.4 Å². The lowest BCUT2D eigenvalue weighted by Crippen LogP contribution is -2.60. The van der Waals surface area contributed by atoms with Gasteiger partial charge >= 0.3 is 5.97 Å². The number of amides is 7. The van der Waals surface area contributed by atoms with E-state index in [9.17, 15) is 43.5 Å². The fraction of sp³-hybridized carbons (Fsp3) is 0.742. The molecule has 17 heteroatoms. The summed E-state index contributed by atoms with van der Waals surface area (Å²) < 4.78 is 0. The first-order valence-electron chi connectivity index (χ1n) is 16.5. The molecule has 7 amide bonds.